The third-order valence-electron chi connectivity index (χ3n) is 4.32. The predicted octanol–water partition coefficient (Wildman–Crippen LogP) is 2.58. The molecule has 0 saturated heterocycles. The Morgan fingerprint density at radius 2 is 1.83 bits per heavy atom. The van der Waals surface area contributed by atoms with Gasteiger partial charge in [-0.3, -0.25) is 9.36 Å². The number of benzene rings is 1. The summed E-state index contributed by atoms with van der Waals surface area (Å²) in [5.74, 6) is -0.000544. The summed E-state index contributed by atoms with van der Waals surface area (Å²) in [4.78, 5) is 16.8. The van der Waals surface area contributed by atoms with E-state index in [1.165, 1.54) is 16.8 Å². The van der Waals surface area contributed by atoms with E-state index in [-0.39, 0.29) is 35.1 Å². The highest BCUT2D eigenvalue weighted by atomic mass is 16.3. The second-order valence-electron chi connectivity index (χ2n) is 7.33. The van der Waals surface area contributed by atoms with Gasteiger partial charge in [-0.2, -0.15) is 0 Å². The van der Waals surface area contributed by atoms with Crippen LogP contribution in [0.15, 0.2) is 30.5 Å². The van der Waals surface area contributed by atoms with Gasteiger partial charge in [-0.15, -0.1) is 10.2 Å². The van der Waals surface area contributed by atoms with Crippen molar-refractivity contribution >= 4 is 11.7 Å². The molecule has 0 saturated carbocycles. The molecule has 1 aromatic carbocycles. The molecule has 152 valence electrons. The Labute approximate surface area is 168 Å². The van der Waals surface area contributed by atoms with E-state index in [2.05, 4.69) is 20.5 Å². The SMILES string of the molecule is CC(C)NC(=O)c1nnc(-c2cc(C(C)C)c(O)cc2O)n1-c1ccc(N)nc1. The first-order valence-electron chi connectivity index (χ1n) is 9.23. The first-order valence-corrected chi connectivity index (χ1v) is 9.23. The Morgan fingerprint density at radius 1 is 1.10 bits per heavy atom. The van der Waals surface area contributed by atoms with Crippen molar-refractivity contribution in [1.82, 2.24) is 25.1 Å². The van der Waals surface area contributed by atoms with Crippen LogP contribution in [-0.4, -0.2) is 41.9 Å². The normalized spacial score (nSPS) is 11.2. The summed E-state index contributed by atoms with van der Waals surface area (Å²) in [6, 6.07) is 6.08. The molecular weight excluding hydrogens is 372 g/mol. The quantitative estimate of drug-likeness (QED) is 0.520. The van der Waals surface area contributed by atoms with Gasteiger partial charge in [0.2, 0.25) is 5.82 Å². The zero-order valence-electron chi connectivity index (χ0n) is 16.7. The van der Waals surface area contributed by atoms with Crippen LogP contribution in [0.25, 0.3) is 17.1 Å². The van der Waals surface area contributed by atoms with E-state index in [0.29, 0.717) is 22.6 Å². The van der Waals surface area contributed by atoms with Crippen LogP contribution in [0.3, 0.4) is 0 Å². The van der Waals surface area contributed by atoms with Crippen LogP contribution < -0.4 is 11.1 Å². The molecule has 2 heterocycles. The van der Waals surface area contributed by atoms with Crippen molar-refractivity contribution < 1.29 is 15.0 Å². The fourth-order valence-electron chi connectivity index (χ4n) is 2.94. The zero-order valence-corrected chi connectivity index (χ0v) is 16.7. The number of phenolic OH excluding ortho intramolecular Hbond substituents is 2. The number of anilines is 1. The second-order valence-corrected chi connectivity index (χ2v) is 7.33. The molecule has 0 aliphatic carbocycles. The zero-order chi connectivity index (χ0) is 21.3. The minimum atomic E-state index is -0.419. The first-order chi connectivity index (χ1) is 13.7. The van der Waals surface area contributed by atoms with E-state index < -0.39 is 5.91 Å². The molecule has 9 nitrogen and oxygen atoms in total. The molecular formula is C20H24N6O3. The smallest absolute Gasteiger partial charge is 0.289 e. The van der Waals surface area contributed by atoms with E-state index in [0.717, 1.165) is 0 Å². The van der Waals surface area contributed by atoms with Gasteiger partial charge in [0.05, 0.1) is 17.4 Å². The first kappa shape index (κ1) is 20.1. The number of carbonyl (C=O) groups excluding carboxylic acids is 1. The van der Waals surface area contributed by atoms with Gasteiger partial charge in [-0.05, 0) is 43.5 Å². The van der Waals surface area contributed by atoms with Crippen molar-refractivity contribution in [3.8, 4) is 28.6 Å². The summed E-state index contributed by atoms with van der Waals surface area (Å²) >= 11 is 0. The number of nitrogens with two attached hydrogens (primary N) is 1. The molecule has 5 N–H and O–H groups in total. The molecule has 0 aliphatic rings. The number of amides is 1. The van der Waals surface area contributed by atoms with Crippen molar-refractivity contribution in [2.75, 3.05) is 5.73 Å². The maximum Gasteiger partial charge on any atom is 0.289 e. The number of phenols is 2. The number of nitrogen functional groups attached to an aromatic ring is 1. The second kappa shape index (κ2) is 7.78. The Kier molecular flexibility index (Phi) is 5.40. The molecule has 3 rings (SSSR count). The third kappa shape index (κ3) is 3.98. The number of nitrogens with zero attached hydrogens (tertiary/aromatic N) is 4. The average Bonchev–Trinajstić information content (AvgIpc) is 3.06. The van der Waals surface area contributed by atoms with Gasteiger partial charge in [-0.1, -0.05) is 13.8 Å². The van der Waals surface area contributed by atoms with Crippen molar-refractivity contribution in [1.29, 1.82) is 0 Å². The molecule has 29 heavy (non-hydrogen) atoms. The molecule has 1 amide bonds. The van der Waals surface area contributed by atoms with E-state index in [1.807, 2.05) is 27.7 Å². The standard InChI is InChI=1S/C20H24N6O3/c1-10(2)13-7-14(16(28)8-15(13)27)18-24-25-19(20(29)23-11(3)4)26(18)12-5-6-17(21)22-9-12/h5-11,27-28H,1-4H3,(H2,21,22)(H,23,29). The molecule has 0 fully saturated rings. The minimum Gasteiger partial charge on any atom is -0.508 e. The van der Waals surface area contributed by atoms with Crippen LogP contribution >= 0.6 is 0 Å². The molecule has 3 aromatic rings. The van der Waals surface area contributed by atoms with E-state index >= 15 is 0 Å². The molecule has 0 unspecified atom stereocenters. The van der Waals surface area contributed by atoms with Crippen LogP contribution in [-0.2, 0) is 0 Å². The van der Waals surface area contributed by atoms with E-state index in [9.17, 15) is 15.0 Å². The Bertz CT molecular complexity index is 1040. The number of pyridine rings is 1. The number of hydrogen-bond donors (Lipinski definition) is 4. The van der Waals surface area contributed by atoms with Crippen molar-refractivity contribution in [3.05, 3.63) is 41.9 Å². The summed E-state index contributed by atoms with van der Waals surface area (Å²) in [7, 11) is 0. The fourth-order valence-corrected chi connectivity index (χ4v) is 2.94. The fraction of sp³-hybridized carbons (Fsp3) is 0.300. The summed E-state index contributed by atoms with van der Waals surface area (Å²) in [5.41, 5.74) is 7.16. The van der Waals surface area contributed by atoms with Gasteiger partial charge >= 0.3 is 0 Å². The van der Waals surface area contributed by atoms with Crippen molar-refractivity contribution in [3.63, 3.8) is 0 Å². The molecule has 0 aliphatic heterocycles. The molecule has 0 atom stereocenters. The number of rotatable bonds is 5. The Balaban J connectivity index is 2.25. The van der Waals surface area contributed by atoms with Crippen molar-refractivity contribution in [2.45, 2.75) is 39.7 Å². The van der Waals surface area contributed by atoms with Crippen LogP contribution in [0, 0.1) is 0 Å². The molecule has 0 spiro atoms. The third-order valence-corrected chi connectivity index (χ3v) is 4.32. The van der Waals surface area contributed by atoms with Crippen LogP contribution in [0.4, 0.5) is 5.82 Å². The summed E-state index contributed by atoms with van der Waals surface area (Å²) in [6.45, 7) is 7.52. The van der Waals surface area contributed by atoms with Gasteiger partial charge in [0.1, 0.15) is 17.3 Å². The average molecular weight is 396 g/mol. The lowest BCUT2D eigenvalue weighted by Crippen LogP contribution is -2.32. The number of aromatic nitrogens is 4. The van der Waals surface area contributed by atoms with Crippen LogP contribution in [0.5, 0.6) is 11.5 Å². The molecule has 9 heteroatoms. The monoisotopic (exact) mass is 396 g/mol. The molecule has 0 radical (unpaired) electrons. The van der Waals surface area contributed by atoms with Gasteiger partial charge < -0.3 is 21.3 Å². The van der Waals surface area contributed by atoms with Crippen LogP contribution in [0.2, 0.25) is 0 Å². The molecule has 2 aromatic heterocycles. The van der Waals surface area contributed by atoms with Crippen LogP contribution in [0.1, 0.15) is 49.8 Å². The lowest BCUT2D eigenvalue weighted by Gasteiger charge is -2.15. The largest absolute Gasteiger partial charge is 0.508 e. The number of nitrogens with one attached hydrogen (secondary N) is 1. The summed E-state index contributed by atoms with van der Waals surface area (Å²) < 4.78 is 1.50. The highest BCUT2D eigenvalue weighted by molar-refractivity contribution is 5.92. The summed E-state index contributed by atoms with van der Waals surface area (Å²) in [6.07, 6.45) is 1.50. The van der Waals surface area contributed by atoms with E-state index in [1.54, 1.807) is 18.2 Å². The van der Waals surface area contributed by atoms with Gasteiger partial charge in [0.15, 0.2) is 5.82 Å². The lowest BCUT2D eigenvalue weighted by atomic mass is 9.98. The topological polar surface area (TPSA) is 139 Å². The van der Waals surface area contributed by atoms with Crippen molar-refractivity contribution in [2.24, 2.45) is 0 Å². The Hall–Kier alpha value is -3.62. The lowest BCUT2D eigenvalue weighted by molar-refractivity contribution is 0.0930. The summed E-state index contributed by atoms with van der Waals surface area (Å²) in [5, 5.41) is 31.6. The maximum atomic E-state index is 12.7. The predicted molar refractivity (Wildman–Crippen MR) is 109 cm³/mol. The Morgan fingerprint density at radius 3 is 2.41 bits per heavy atom. The van der Waals surface area contributed by atoms with Gasteiger partial charge in [-0.25, -0.2) is 4.98 Å². The maximum absolute atomic E-state index is 12.7. The molecule has 0 bridgehead atoms. The van der Waals surface area contributed by atoms with E-state index in [4.69, 9.17) is 5.73 Å². The highest BCUT2D eigenvalue weighted by Crippen LogP contribution is 2.38. The number of aromatic hydroxyl groups is 2. The van der Waals surface area contributed by atoms with Gasteiger partial charge in [0, 0.05) is 12.1 Å². The highest BCUT2D eigenvalue weighted by Gasteiger charge is 2.24. The van der Waals surface area contributed by atoms with Gasteiger partial charge in [0.25, 0.3) is 5.91 Å². The number of hydrogen-bond acceptors (Lipinski definition) is 7. The minimum absolute atomic E-state index is 0.00706. The number of carbonyl (C=O) groups is 1.